The van der Waals surface area contributed by atoms with Crippen LogP contribution < -0.4 is 5.32 Å². The summed E-state index contributed by atoms with van der Waals surface area (Å²) in [7, 11) is 1.90. The van der Waals surface area contributed by atoms with Gasteiger partial charge in [0.15, 0.2) is 0 Å². The molecule has 36 heavy (non-hydrogen) atoms. The van der Waals surface area contributed by atoms with Gasteiger partial charge < -0.3 is 10.3 Å². The molecule has 8 nitrogen and oxygen atoms in total. The number of pyridine rings is 1. The van der Waals surface area contributed by atoms with Crippen LogP contribution in [0.25, 0.3) is 44.5 Å². The number of rotatable bonds is 6. The Labute approximate surface area is 209 Å². The summed E-state index contributed by atoms with van der Waals surface area (Å²) in [5.41, 5.74) is 10.6. The SMILES string of the molecule is C=CC(=O)Nc1c(C)ccc(-c2c(-c3cnn(C)c3)[nH]c3ncc(-c4cnn(CC)c4)c(C)c23)c1C. The van der Waals surface area contributed by atoms with Gasteiger partial charge in [-0.1, -0.05) is 18.7 Å². The lowest BCUT2D eigenvalue weighted by atomic mass is 9.91. The largest absolute Gasteiger partial charge is 0.339 e. The van der Waals surface area contributed by atoms with Crippen molar-refractivity contribution < 1.29 is 4.79 Å². The third-order valence-electron chi connectivity index (χ3n) is 6.72. The van der Waals surface area contributed by atoms with Gasteiger partial charge in [0.2, 0.25) is 5.91 Å². The van der Waals surface area contributed by atoms with Crippen molar-refractivity contribution in [2.75, 3.05) is 5.32 Å². The van der Waals surface area contributed by atoms with Gasteiger partial charge in [-0.05, 0) is 56.0 Å². The maximum Gasteiger partial charge on any atom is 0.247 e. The van der Waals surface area contributed by atoms with E-state index in [4.69, 9.17) is 4.98 Å². The van der Waals surface area contributed by atoms with Gasteiger partial charge >= 0.3 is 0 Å². The van der Waals surface area contributed by atoms with Crippen molar-refractivity contribution in [2.45, 2.75) is 34.2 Å². The lowest BCUT2D eigenvalue weighted by molar-refractivity contribution is -0.111. The molecule has 0 saturated carbocycles. The van der Waals surface area contributed by atoms with Gasteiger partial charge in [0, 0.05) is 65.5 Å². The minimum atomic E-state index is -0.238. The minimum Gasteiger partial charge on any atom is -0.339 e. The standard InChI is InChI=1S/C28H29N7O/c1-7-23(36)32-26-16(3)9-10-21(18(26)5)25-24-17(4)22(19-11-31-35(8-2)15-19)13-29-28(24)33-27(25)20-12-30-34(6)14-20/h7,9-15H,1,8H2,2-6H3,(H,29,33)(H,32,36). The highest BCUT2D eigenvalue weighted by molar-refractivity contribution is 6.08. The number of hydrogen-bond acceptors (Lipinski definition) is 4. The molecular formula is C28H29N7O. The van der Waals surface area contributed by atoms with Crippen LogP contribution in [0.4, 0.5) is 5.69 Å². The highest BCUT2D eigenvalue weighted by atomic mass is 16.1. The number of anilines is 1. The first-order valence-electron chi connectivity index (χ1n) is 11.9. The number of aromatic nitrogens is 6. The first-order chi connectivity index (χ1) is 17.3. The molecule has 8 heteroatoms. The summed E-state index contributed by atoms with van der Waals surface area (Å²) in [5, 5.41) is 12.9. The molecule has 0 aliphatic rings. The highest BCUT2D eigenvalue weighted by Gasteiger charge is 2.23. The van der Waals surface area contributed by atoms with Gasteiger partial charge in [-0.15, -0.1) is 0 Å². The van der Waals surface area contributed by atoms with E-state index >= 15 is 0 Å². The Balaban J connectivity index is 1.83. The number of amides is 1. The normalized spacial score (nSPS) is 11.2. The highest BCUT2D eigenvalue weighted by Crippen LogP contribution is 2.44. The quantitative estimate of drug-likeness (QED) is 0.312. The number of fused-ring (bicyclic) bond motifs is 1. The van der Waals surface area contributed by atoms with E-state index in [1.165, 1.54) is 6.08 Å². The summed E-state index contributed by atoms with van der Waals surface area (Å²) in [6, 6.07) is 4.14. The molecular weight excluding hydrogens is 450 g/mol. The number of hydrogen-bond donors (Lipinski definition) is 2. The Morgan fingerprint density at radius 1 is 1.06 bits per heavy atom. The Hall–Kier alpha value is -4.46. The van der Waals surface area contributed by atoms with Crippen molar-refractivity contribution in [3.8, 4) is 33.5 Å². The molecule has 5 aromatic rings. The molecule has 2 N–H and O–H groups in total. The molecule has 0 radical (unpaired) electrons. The maximum atomic E-state index is 12.2. The molecule has 0 spiro atoms. The van der Waals surface area contributed by atoms with Crippen LogP contribution >= 0.6 is 0 Å². The summed E-state index contributed by atoms with van der Waals surface area (Å²) in [6.07, 6.45) is 11.0. The van der Waals surface area contributed by atoms with E-state index in [0.717, 1.165) is 73.5 Å². The third-order valence-corrected chi connectivity index (χ3v) is 6.72. The molecule has 1 aromatic carbocycles. The van der Waals surface area contributed by atoms with E-state index in [-0.39, 0.29) is 5.91 Å². The average molecular weight is 480 g/mol. The summed E-state index contributed by atoms with van der Waals surface area (Å²) >= 11 is 0. The number of aromatic amines is 1. The van der Waals surface area contributed by atoms with Crippen LogP contribution in [0.2, 0.25) is 0 Å². The molecule has 0 fully saturated rings. The van der Waals surface area contributed by atoms with Gasteiger partial charge in [0.05, 0.1) is 18.1 Å². The summed E-state index contributed by atoms with van der Waals surface area (Å²) in [4.78, 5) is 20.6. The van der Waals surface area contributed by atoms with Crippen molar-refractivity contribution in [1.29, 1.82) is 0 Å². The summed E-state index contributed by atoms with van der Waals surface area (Å²) in [6.45, 7) is 12.6. The van der Waals surface area contributed by atoms with Crippen LogP contribution in [0.5, 0.6) is 0 Å². The molecule has 0 unspecified atom stereocenters. The van der Waals surface area contributed by atoms with Gasteiger partial charge in [-0.25, -0.2) is 4.98 Å². The second-order valence-electron chi connectivity index (χ2n) is 9.01. The van der Waals surface area contributed by atoms with E-state index in [0.29, 0.717) is 0 Å². The number of benzene rings is 1. The second-order valence-corrected chi connectivity index (χ2v) is 9.01. The molecule has 0 aliphatic heterocycles. The first-order valence-corrected chi connectivity index (χ1v) is 11.9. The lowest BCUT2D eigenvalue weighted by Crippen LogP contribution is -2.10. The Bertz CT molecular complexity index is 1630. The Morgan fingerprint density at radius 2 is 1.83 bits per heavy atom. The number of carbonyl (C=O) groups excluding carboxylic acids is 1. The van der Waals surface area contributed by atoms with Crippen molar-refractivity contribution in [3.05, 3.63) is 72.5 Å². The molecule has 1 amide bonds. The van der Waals surface area contributed by atoms with Crippen molar-refractivity contribution in [2.24, 2.45) is 7.05 Å². The van der Waals surface area contributed by atoms with Crippen LogP contribution in [0, 0.1) is 20.8 Å². The average Bonchev–Trinajstić information content (AvgIpc) is 3.60. The zero-order valence-electron chi connectivity index (χ0n) is 21.2. The number of nitrogens with zero attached hydrogens (tertiary/aromatic N) is 5. The van der Waals surface area contributed by atoms with Crippen LogP contribution in [0.3, 0.4) is 0 Å². The molecule has 0 saturated heterocycles. The van der Waals surface area contributed by atoms with E-state index in [1.807, 2.05) is 62.6 Å². The number of aryl methyl sites for hydroxylation is 4. The van der Waals surface area contributed by atoms with E-state index in [9.17, 15) is 4.79 Å². The number of H-pyrrole nitrogens is 1. The predicted molar refractivity (Wildman–Crippen MR) is 144 cm³/mol. The smallest absolute Gasteiger partial charge is 0.247 e. The van der Waals surface area contributed by atoms with Crippen LogP contribution in [-0.2, 0) is 18.4 Å². The molecule has 5 rings (SSSR count). The molecule has 4 heterocycles. The topological polar surface area (TPSA) is 93.4 Å². The molecule has 0 atom stereocenters. The summed E-state index contributed by atoms with van der Waals surface area (Å²) in [5.74, 6) is -0.238. The Kier molecular flexibility index (Phi) is 5.80. The van der Waals surface area contributed by atoms with Crippen molar-refractivity contribution in [1.82, 2.24) is 29.5 Å². The third kappa shape index (κ3) is 3.80. The van der Waals surface area contributed by atoms with Crippen molar-refractivity contribution in [3.63, 3.8) is 0 Å². The molecule has 0 bridgehead atoms. The summed E-state index contributed by atoms with van der Waals surface area (Å²) < 4.78 is 3.70. The molecule has 0 aliphatic carbocycles. The fourth-order valence-corrected chi connectivity index (χ4v) is 4.80. The van der Waals surface area contributed by atoms with Gasteiger partial charge in [0.1, 0.15) is 5.65 Å². The zero-order valence-corrected chi connectivity index (χ0v) is 21.2. The fourth-order valence-electron chi connectivity index (χ4n) is 4.80. The molecule has 4 aromatic heterocycles. The van der Waals surface area contributed by atoms with E-state index in [2.05, 4.69) is 47.0 Å². The van der Waals surface area contributed by atoms with E-state index in [1.54, 1.807) is 4.68 Å². The second kappa shape index (κ2) is 8.96. The predicted octanol–water partition coefficient (Wildman–Crippen LogP) is 5.56. The van der Waals surface area contributed by atoms with Gasteiger partial charge in [0.25, 0.3) is 0 Å². The van der Waals surface area contributed by atoms with Crippen LogP contribution in [-0.4, -0.2) is 35.4 Å². The first kappa shape index (κ1) is 23.3. The molecule has 182 valence electrons. The lowest BCUT2D eigenvalue weighted by Gasteiger charge is -2.16. The van der Waals surface area contributed by atoms with E-state index < -0.39 is 0 Å². The van der Waals surface area contributed by atoms with Crippen molar-refractivity contribution >= 4 is 22.6 Å². The Morgan fingerprint density at radius 3 is 2.50 bits per heavy atom. The number of nitrogens with one attached hydrogen (secondary N) is 2. The fraction of sp³-hybridized carbons (Fsp3) is 0.214. The monoisotopic (exact) mass is 479 g/mol. The van der Waals surface area contributed by atoms with Crippen LogP contribution in [0.15, 0.2) is 55.8 Å². The zero-order chi connectivity index (χ0) is 25.6. The minimum absolute atomic E-state index is 0.238. The van der Waals surface area contributed by atoms with Gasteiger partial charge in [-0.3, -0.25) is 14.2 Å². The number of carbonyl (C=O) groups is 1. The van der Waals surface area contributed by atoms with Crippen LogP contribution in [0.1, 0.15) is 23.6 Å². The van der Waals surface area contributed by atoms with Gasteiger partial charge in [-0.2, -0.15) is 10.2 Å². The maximum absolute atomic E-state index is 12.2.